The van der Waals surface area contributed by atoms with Crippen LogP contribution in [0, 0.1) is 34.5 Å². The molecule has 0 spiro atoms. The summed E-state index contributed by atoms with van der Waals surface area (Å²) in [5.74, 6) is -1.63. The normalized spacial score (nSPS) is 39.3. The predicted molar refractivity (Wildman–Crippen MR) is 139 cm³/mol. The molecule has 2 unspecified atom stereocenters. The minimum absolute atomic E-state index is 0.00685. The summed E-state index contributed by atoms with van der Waals surface area (Å²) in [7, 11) is 0. The Morgan fingerprint density at radius 3 is 2.53 bits per heavy atom. The standard InChI is InChI=1S/C31H36O7/c1-18-14-22-23-11-13-31(26(35)17-37-19(2)32,38-28(36)20-8-6-5-7-9-20)30(23,4)16-25(34)27(22)29(3)12-10-21(33)15-24(18)29/h5-10,12,15,18,22-23,25,27,34H,11,13-14,16-17H2,1-4H3/t18?,22-,23-,25?,27+,29-,30-,31-/m0/s1. The molecule has 202 valence electrons. The fourth-order valence-corrected chi connectivity index (χ4v) is 8.50. The summed E-state index contributed by atoms with van der Waals surface area (Å²) in [4.78, 5) is 51.0. The van der Waals surface area contributed by atoms with Gasteiger partial charge in [0.05, 0.1) is 11.7 Å². The highest BCUT2D eigenvalue weighted by Crippen LogP contribution is 2.68. The van der Waals surface area contributed by atoms with Gasteiger partial charge in [-0.15, -0.1) is 0 Å². The Hall–Kier alpha value is -3.06. The number of carbonyl (C=O) groups excluding carboxylic acids is 4. The van der Waals surface area contributed by atoms with Gasteiger partial charge in [0.15, 0.2) is 18.0 Å². The topological polar surface area (TPSA) is 107 Å². The summed E-state index contributed by atoms with van der Waals surface area (Å²) in [5.41, 5.74) is -1.48. The first-order chi connectivity index (χ1) is 17.9. The minimum atomic E-state index is -1.54. The fourth-order valence-electron chi connectivity index (χ4n) is 8.50. The molecule has 0 amide bonds. The van der Waals surface area contributed by atoms with Gasteiger partial charge in [0.25, 0.3) is 0 Å². The molecular formula is C31H36O7. The van der Waals surface area contributed by atoms with Crippen LogP contribution >= 0.6 is 0 Å². The summed E-state index contributed by atoms with van der Waals surface area (Å²) in [6.45, 7) is 6.92. The number of rotatable bonds is 5. The molecule has 0 aromatic heterocycles. The molecule has 0 radical (unpaired) electrons. The molecule has 5 rings (SSSR count). The van der Waals surface area contributed by atoms with Gasteiger partial charge in [-0.05, 0) is 67.7 Å². The van der Waals surface area contributed by atoms with Crippen LogP contribution in [0.15, 0.2) is 54.1 Å². The van der Waals surface area contributed by atoms with E-state index in [1.165, 1.54) is 6.92 Å². The molecule has 4 aliphatic carbocycles. The van der Waals surface area contributed by atoms with Crippen molar-refractivity contribution in [3.63, 3.8) is 0 Å². The number of fused-ring (bicyclic) bond motifs is 5. The van der Waals surface area contributed by atoms with Gasteiger partial charge in [-0.2, -0.15) is 0 Å². The number of Topliss-reactive ketones (excluding diaryl/α,β-unsaturated/α-hetero) is 1. The van der Waals surface area contributed by atoms with E-state index in [-0.39, 0.29) is 35.9 Å². The first kappa shape index (κ1) is 26.5. The molecule has 38 heavy (non-hydrogen) atoms. The molecule has 1 N–H and O–H groups in total. The molecule has 3 fully saturated rings. The van der Waals surface area contributed by atoms with Crippen molar-refractivity contribution in [3.8, 4) is 0 Å². The van der Waals surface area contributed by atoms with Gasteiger partial charge in [-0.3, -0.25) is 14.4 Å². The van der Waals surface area contributed by atoms with Crippen LogP contribution in [0.4, 0.5) is 0 Å². The maximum absolute atomic E-state index is 13.9. The lowest BCUT2D eigenvalue weighted by atomic mass is 9.44. The van der Waals surface area contributed by atoms with Gasteiger partial charge in [-0.1, -0.05) is 50.6 Å². The number of ether oxygens (including phenoxy) is 2. The molecule has 7 heteroatoms. The molecule has 0 bridgehead atoms. The van der Waals surface area contributed by atoms with Gasteiger partial charge >= 0.3 is 11.9 Å². The molecule has 4 aliphatic rings. The molecule has 1 aromatic carbocycles. The Labute approximate surface area is 223 Å². The zero-order chi connectivity index (χ0) is 27.5. The van der Waals surface area contributed by atoms with E-state index in [0.29, 0.717) is 18.4 Å². The Bertz CT molecular complexity index is 1230. The largest absolute Gasteiger partial charge is 0.458 e. The molecule has 0 heterocycles. The Morgan fingerprint density at radius 2 is 1.84 bits per heavy atom. The van der Waals surface area contributed by atoms with Crippen LogP contribution in [-0.2, 0) is 23.9 Å². The second kappa shape index (κ2) is 9.30. The summed E-state index contributed by atoms with van der Waals surface area (Å²) in [5, 5.41) is 11.8. The number of aliphatic hydroxyl groups is 1. The number of ketones is 2. The van der Waals surface area contributed by atoms with E-state index in [9.17, 15) is 24.3 Å². The molecule has 0 saturated heterocycles. The smallest absolute Gasteiger partial charge is 0.339 e. The number of benzene rings is 1. The van der Waals surface area contributed by atoms with Crippen molar-refractivity contribution in [1.29, 1.82) is 0 Å². The summed E-state index contributed by atoms with van der Waals surface area (Å²) < 4.78 is 11.3. The second-order valence-corrected chi connectivity index (χ2v) is 12.1. The quantitative estimate of drug-likeness (QED) is 0.579. The van der Waals surface area contributed by atoms with Crippen molar-refractivity contribution < 1.29 is 33.8 Å². The zero-order valence-corrected chi connectivity index (χ0v) is 22.4. The van der Waals surface area contributed by atoms with Crippen LogP contribution in [0.25, 0.3) is 0 Å². The summed E-state index contributed by atoms with van der Waals surface area (Å²) in [6, 6.07) is 8.54. The summed E-state index contributed by atoms with van der Waals surface area (Å²) in [6.07, 6.45) is 6.46. The lowest BCUT2D eigenvalue weighted by molar-refractivity contribution is -0.183. The highest BCUT2D eigenvalue weighted by Gasteiger charge is 2.70. The van der Waals surface area contributed by atoms with E-state index in [4.69, 9.17) is 9.47 Å². The number of aliphatic hydroxyl groups excluding tert-OH is 1. The van der Waals surface area contributed by atoms with Gasteiger partial charge in [0, 0.05) is 23.7 Å². The molecule has 3 saturated carbocycles. The third kappa shape index (κ3) is 3.89. The van der Waals surface area contributed by atoms with E-state index in [1.807, 2.05) is 13.0 Å². The maximum Gasteiger partial charge on any atom is 0.339 e. The van der Waals surface area contributed by atoms with Crippen molar-refractivity contribution in [2.24, 2.45) is 34.5 Å². The van der Waals surface area contributed by atoms with Crippen molar-refractivity contribution in [2.45, 2.75) is 65.1 Å². The SMILES string of the molecule is CC(=O)OCC(=O)[C@@]1(OC(=O)c2ccccc2)CC[C@H]2[C@@H]3CC(C)C4=CC(=O)C=C[C@]4(C)[C@H]3C(O)C[C@@]21C. The van der Waals surface area contributed by atoms with Crippen LogP contribution in [0.5, 0.6) is 0 Å². The number of carbonyl (C=O) groups is 4. The first-order valence-electron chi connectivity index (χ1n) is 13.5. The lowest BCUT2D eigenvalue weighted by Crippen LogP contribution is -2.63. The second-order valence-electron chi connectivity index (χ2n) is 12.1. The highest BCUT2D eigenvalue weighted by molar-refractivity contribution is 6.01. The monoisotopic (exact) mass is 520 g/mol. The van der Waals surface area contributed by atoms with Crippen molar-refractivity contribution in [1.82, 2.24) is 0 Å². The van der Waals surface area contributed by atoms with Crippen LogP contribution in [-0.4, -0.2) is 46.9 Å². The van der Waals surface area contributed by atoms with Crippen molar-refractivity contribution in [2.75, 3.05) is 6.61 Å². The molecular weight excluding hydrogens is 484 g/mol. The van der Waals surface area contributed by atoms with E-state index in [0.717, 1.165) is 12.0 Å². The first-order valence-corrected chi connectivity index (χ1v) is 13.5. The number of hydrogen-bond acceptors (Lipinski definition) is 7. The van der Waals surface area contributed by atoms with Gasteiger partial charge in [-0.25, -0.2) is 4.79 Å². The third-order valence-electron chi connectivity index (χ3n) is 10.1. The number of esters is 2. The van der Waals surface area contributed by atoms with Crippen LogP contribution < -0.4 is 0 Å². The average molecular weight is 521 g/mol. The van der Waals surface area contributed by atoms with Crippen LogP contribution in [0.3, 0.4) is 0 Å². The Balaban J connectivity index is 1.55. The van der Waals surface area contributed by atoms with Gasteiger partial charge in [0.1, 0.15) is 0 Å². The number of hydrogen-bond donors (Lipinski definition) is 1. The third-order valence-corrected chi connectivity index (χ3v) is 10.1. The Morgan fingerprint density at radius 1 is 1.13 bits per heavy atom. The molecule has 7 nitrogen and oxygen atoms in total. The van der Waals surface area contributed by atoms with Crippen molar-refractivity contribution in [3.05, 3.63) is 59.7 Å². The highest BCUT2D eigenvalue weighted by atomic mass is 16.6. The minimum Gasteiger partial charge on any atom is -0.458 e. The van der Waals surface area contributed by atoms with Gasteiger partial charge in [0.2, 0.25) is 5.78 Å². The summed E-state index contributed by atoms with van der Waals surface area (Å²) >= 11 is 0. The average Bonchev–Trinajstić information content (AvgIpc) is 3.16. The van der Waals surface area contributed by atoms with E-state index >= 15 is 0 Å². The fraction of sp³-hybridized carbons (Fsp3) is 0.548. The molecule has 1 aromatic rings. The van der Waals surface area contributed by atoms with Crippen molar-refractivity contribution >= 4 is 23.5 Å². The van der Waals surface area contributed by atoms with Gasteiger partial charge < -0.3 is 14.6 Å². The van der Waals surface area contributed by atoms with E-state index in [1.54, 1.807) is 42.5 Å². The number of allylic oxidation sites excluding steroid dienone is 4. The Kier molecular flexibility index (Phi) is 6.49. The van der Waals surface area contributed by atoms with E-state index < -0.39 is 46.9 Å². The molecule has 0 aliphatic heterocycles. The van der Waals surface area contributed by atoms with E-state index in [2.05, 4.69) is 13.8 Å². The lowest BCUT2D eigenvalue weighted by Gasteiger charge is -2.61. The predicted octanol–water partition coefficient (Wildman–Crippen LogP) is 4.24. The maximum atomic E-state index is 13.9. The zero-order valence-electron chi connectivity index (χ0n) is 22.4. The molecule has 8 atom stereocenters. The van der Waals surface area contributed by atoms with Crippen LogP contribution in [0.1, 0.15) is 63.7 Å². The van der Waals surface area contributed by atoms with Crippen LogP contribution in [0.2, 0.25) is 0 Å².